The van der Waals surface area contributed by atoms with E-state index in [0.717, 1.165) is 22.6 Å². The molecule has 0 aromatic heterocycles. The van der Waals surface area contributed by atoms with Gasteiger partial charge in [-0.15, -0.1) is 6.58 Å². The zero-order valence-electron chi connectivity index (χ0n) is 15.8. The molecule has 1 N–H and O–H groups in total. The number of ether oxygens (including phenoxy) is 1. The van der Waals surface area contributed by atoms with Crippen LogP contribution in [0.4, 0.5) is 5.69 Å². The number of methoxy groups -OCH3 is 1. The van der Waals surface area contributed by atoms with E-state index in [4.69, 9.17) is 4.74 Å². The first kappa shape index (κ1) is 18.1. The highest BCUT2D eigenvalue weighted by molar-refractivity contribution is 7.89. The number of anilines is 1. The number of nitrogens with zero attached hydrogens (tertiary/aromatic N) is 1. The summed E-state index contributed by atoms with van der Waals surface area (Å²) in [5, 5.41) is 3.43. The van der Waals surface area contributed by atoms with Crippen molar-refractivity contribution < 1.29 is 13.2 Å². The number of hydrogen-bond acceptors (Lipinski definition) is 4. The Morgan fingerprint density at radius 2 is 1.96 bits per heavy atom. The van der Waals surface area contributed by atoms with Gasteiger partial charge in [-0.2, -0.15) is 4.31 Å². The quantitative estimate of drug-likeness (QED) is 0.820. The van der Waals surface area contributed by atoms with E-state index < -0.39 is 15.4 Å². The molecule has 0 radical (unpaired) electrons. The van der Waals surface area contributed by atoms with Crippen molar-refractivity contribution in [1.29, 1.82) is 0 Å². The maximum atomic E-state index is 13.4. The van der Waals surface area contributed by atoms with Gasteiger partial charge >= 0.3 is 0 Å². The van der Waals surface area contributed by atoms with Gasteiger partial charge < -0.3 is 10.1 Å². The molecule has 1 fully saturated rings. The van der Waals surface area contributed by atoms with Gasteiger partial charge in [0.25, 0.3) is 0 Å². The molecule has 142 valence electrons. The van der Waals surface area contributed by atoms with Crippen molar-refractivity contribution in [3.05, 3.63) is 66.2 Å². The van der Waals surface area contributed by atoms with Crippen molar-refractivity contribution in [2.45, 2.75) is 30.3 Å². The Hall–Kier alpha value is -2.31. The predicted octanol–water partition coefficient (Wildman–Crippen LogP) is 3.52. The van der Waals surface area contributed by atoms with E-state index in [0.29, 0.717) is 11.4 Å². The Morgan fingerprint density at radius 1 is 1.26 bits per heavy atom. The number of fused-ring (bicyclic) bond motifs is 3. The van der Waals surface area contributed by atoms with Crippen LogP contribution in [-0.4, -0.2) is 32.5 Å². The molecular formula is C21H24N2O3S. The van der Waals surface area contributed by atoms with Gasteiger partial charge in [0.1, 0.15) is 11.9 Å². The minimum absolute atomic E-state index is 0.0106. The number of rotatable bonds is 4. The van der Waals surface area contributed by atoms with Crippen molar-refractivity contribution in [1.82, 2.24) is 4.31 Å². The van der Waals surface area contributed by atoms with E-state index in [1.54, 1.807) is 23.5 Å². The molecule has 0 bridgehead atoms. The van der Waals surface area contributed by atoms with E-state index in [1.807, 2.05) is 43.3 Å². The van der Waals surface area contributed by atoms with Gasteiger partial charge in [0, 0.05) is 23.6 Å². The molecule has 2 aliphatic heterocycles. The third-order valence-electron chi connectivity index (χ3n) is 6.01. The van der Waals surface area contributed by atoms with Crippen molar-refractivity contribution in [2.75, 3.05) is 19.0 Å². The lowest BCUT2D eigenvalue weighted by Crippen LogP contribution is -2.45. The molecule has 27 heavy (non-hydrogen) atoms. The summed E-state index contributed by atoms with van der Waals surface area (Å²) in [6.07, 6.45) is 1.50. The second-order valence-electron chi connectivity index (χ2n) is 7.47. The molecular weight excluding hydrogens is 360 g/mol. The molecule has 3 atom stereocenters. The minimum Gasteiger partial charge on any atom is -0.497 e. The predicted molar refractivity (Wildman–Crippen MR) is 107 cm³/mol. The van der Waals surface area contributed by atoms with Gasteiger partial charge in [0.05, 0.1) is 12.0 Å². The topological polar surface area (TPSA) is 58.6 Å². The molecule has 6 heteroatoms. The molecule has 0 amide bonds. The lowest BCUT2D eigenvalue weighted by atomic mass is 9.74. The minimum atomic E-state index is -3.63. The maximum Gasteiger partial charge on any atom is 0.244 e. The number of sulfonamides is 1. The van der Waals surface area contributed by atoms with Gasteiger partial charge in [-0.05, 0) is 42.8 Å². The summed E-state index contributed by atoms with van der Waals surface area (Å²) in [7, 11) is -2.00. The van der Waals surface area contributed by atoms with Crippen LogP contribution in [0.15, 0.2) is 60.0 Å². The van der Waals surface area contributed by atoms with Crippen LogP contribution < -0.4 is 10.1 Å². The molecule has 3 unspecified atom stereocenters. The smallest absolute Gasteiger partial charge is 0.244 e. The van der Waals surface area contributed by atoms with Crippen LogP contribution >= 0.6 is 0 Å². The summed E-state index contributed by atoms with van der Waals surface area (Å²) in [5.74, 6) is 0.753. The van der Waals surface area contributed by atoms with Gasteiger partial charge in [-0.1, -0.05) is 30.7 Å². The Morgan fingerprint density at radius 3 is 2.59 bits per heavy atom. The Bertz CT molecular complexity index is 1000. The van der Waals surface area contributed by atoms with Gasteiger partial charge in [0.2, 0.25) is 10.0 Å². The van der Waals surface area contributed by atoms with Crippen LogP contribution in [-0.2, 0) is 15.4 Å². The number of aryl methyl sites for hydroxylation is 1. The first-order valence-corrected chi connectivity index (χ1v) is 10.4. The fourth-order valence-corrected chi connectivity index (χ4v) is 5.99. The van der Waals surface area contributed by atoms with Crippen LogP contribution in [0.1, 0.15) is 18.1 Å². The summed E-state index contributed by atoms with van der Waals surface area (Å²) in [6.45, 7) is 8.43. The van der Waals surface area contributed by atoms with E-state index in [9.17, 15) is 8.42 Å². The van der Waals surface area contributed by atoms with Gasteiger partial charge in [0.15, 0.2) is 0 Å². The molecule has 2 aromatic carbocycles. The second-order valence-corrected chi connectivity index (χ2v) is 9.36. The van der Waals surface area contributed by atoms with E-state index in [2.05, 4.69) is 18.8 Å². The summed E-state index contributed by atoms with van der Waals surface area (Å²) in [5.41, 5.74) is 2.63. The molecule has 4 rings (SSSR count). The first-order valence-electron chi connectivity index (χ1n) is 8.98. The monoisotopic (exact) mass is 384 g/mol. The molecule has 2 aromatic rings. The fraction of sp³-hybridized carbons (Fsp3) is 0.333. The Labute approximate surface area is 160 Å². The largest absolute Gasteiger partial charge is 0.497 e. The molecule has 0 spiro atoms. The van der Waals surface area contributed by atoms with E-state index in [-0.39, 0.29) is 12.1 Å². The van der Waals surface area contributed by atoms with Crippen LogP contribution in [0.3, 0.4) is 0 Å². The van der Waals surface area contributed by atoms with E-state index in [1.165, 1.54) is 0 Å². The lowest BCUT2D eigenvalue weighted by Gasteiger charge is -2.31. The van der Waals surface area contributed by atoms with E-state index >= 15 is 0 Å². The van der Waals surface area contributed by atoms with Crippen LogP contribution in [0.2, 0.25) is 0 Å². The molecule has 0 aliphatic carbocycles. The molecule has 1 saturated heterocycles. The highest BCUT2D eigenvalue weighted by atomic mass is 32.2. The first-order chi connectivity index (χ1) is 12.8. The summed E-state index contributed by atoms with van der Waals surface area (Å²) < 4.78 is 33.8. The Balaban J connectivity index is 1.81. The lowest BCUT2D eigenvalue weighted by molar-refractivity contribution is 0.348. The molecule has 2 heterocycles. The molecule has 0 saturated carbocycles. The molecule has 2 aliphatic rings. The molecule has 5 nitrogen and oxygen atoms in total. The third kappa shape index (κ3) is 2.51. The Kier molecular flexibility index (Phi) is 4.09. The highest BCUT2D eigenvalue weighted by Crippen LogP contribution is 2.53. The van der Waals surface area contributed by atoms with Crippen molar-refractivity contribution in [3.63, 3.8) is 0 Å². The zero-order valence-corrected chi connectivity index (χ0v) is 16.6. The highest BCUT2D eigenvalue weighted by Gasteiger charge is 2.58. The van der Waals surface area contributed by atoms with Gasteiger partial charge in [-0.25, -0.2) is 8.42 Å². The van der Waals surface area contributed by atoms with Gasteiger partial charge in [-0.3, -0.25) is 0 Å². The average Bonchev–Trinajstić information content (AvgIpc) is 3.11. The van der Waals surface area contributed by atoms with Crippen molar-refractivity contribution >= 4 is 15.7 Å². The van der Waals surface area contributed by atoms with Crippen molar-refractivity contribution in [2.24, 2.45) is 5.92 Å². The second kappa shape index (κ2) is 6.11. The number of nitrogens with one attached hydrogen (secondary N) is 1. The zero-order chi connectivity index (χ0) is 19.4. The summed E-state index contributed by atoms with van der Waals surface area (Å²) in [6, 6.07) is 12.8. The standard InChI is InChI=1S/C21H24N2O3S/c1-5-15-13-23(27(24,25)17-9-6-14(2)7-10-17)20-21(15,3)18-12-16(26-4)8-11-19(18)22-20/h5-12,15,20,22H,1,13H2,2-4H3. The number of benzene rings is 2. The average molecular weight is 385 g/mol. The van der Waals surface area contributed by atoms with Crippen LogP contribution in [0.25, 0.3) is 0 Å². The van der Waals surface area contributed by atoms with Crippen LogP contribution in [0, 0.1) is 12.8 Å². The summed E-state index contributed by atoms with van der Waals surface area (Å²) in [4.78, 5) is 0.315. The fourth-order valence-electron chi connectivity index (χ4n) is 4.33. The SMILES string of the molecule is C=CC1CN(S(=O)(=O)c2ccc(C)cc2)C2Nc3ccc(OC)cc3C12C. The summed E-state index contributed by atoms with van der Waals surface area (Å²) >= 11 is 0. The van der Waals surface area contributed by atoms with Crippen molar-refractivity contribution in [3.8, 4) is 5.75 Å². The normalized spacial score (nSPS) is 26.9. The van der Waals surface area contributed by atoms with Crippen LogP contribution in [0.5, 0.6) is 5.75 Å². The third-order valence-corrected chi connectivity index (χ3v) is 7.86. The maximum absolute atomic E-state index is 13.4. The number of hydrogen-bond donors (Lipinski definition) is 1.